The van der Waals surface area contributed by atoms with E-state index < -0.39 is 0 Å². The fraction of sp³-hybridized carbons (Fsp3) is 0.0909. The molecule has 0 aliphatic carbocycles. The summed E-state index contributed by atoms with van der Waals surface area (Å²) >= 11 is 5.62. The number of nitrogens with one attached hydrogen (secondary N) is 1. The number of pyridine rings is 1. The maximum Gasteiger partial charge on any atom is 0.256 e. The van der Waals surface area contributed by atoms with Gasteiger partial charge in [-0.25, -0.2) is 9.97 Å². The molecule has 2 aromatic heterocycles. The third kappa shape index (κ3) is 2.99. The fourth-order valence-electron chi connectivity index (χ4n) is 1.32. The second-order valence-electron chi connectivity index (χ2n) is 3.41. The van der Waals surface area contributed by atoms with Gasteiger partial charge in [-0.3, -0.25) is 9.78 Å². The van der Waals surface area contributed by atoms with E-state index in [2.05, 4.69) is 20.3 Å². The number of anilines is 1. The van der Waals surface area contributed by atoms with E-state index in [-0.39, 0.29) is 17.7 Å². The topological polar surface area (TPSA) is 93.8 Å². The zero-order valence-electron chi connectivity index (χ0n) is 9.30. The van der Waals surface area contributed by atoms with Gasteiger partial charge in [0.2, 0.25) is 5.28 Å². The van der Waals surface area contributed by atoms with Crippen LogP contribution in [-0.2, 0) is 6.54 Å². The molecule has 0 saturated carbocycles. The Hall–Kier alpha value is -2.05. The summed E-state index contributed by atoms with van der Waals surface area (Å²) in [6, 6.07) is 4.77. The lowest BCUT2D eigenvalue weighted by Gasteiger charge is -2.05. The average molecular weight is 264 g/mol. The summed E-state index contributed by atoms with van der Waals surface area (Å²) in [6.45, 7) is 0.278. The lowest BCUT2D eigenvalue weighted by atomic mass is 10.2. The number of nitrogens with zero attached hydrogens (tertiary/aromatic N) is 3. The van der Waals surface area contributed by atoms with Gasteiger partial charge in [0.05, 0.1) is 5.69 Å². The lowest BCUT2D eigenvalue weighted by molar-refractivity contribution is 0.102. The summed E-state index contributed by atoms with van der Waals surface area (Å²) in [6.07, 6.45) is 2.99. The molecule has 0 fully saturated rings. The summed E-state index contributed by atoms with van der Waals surface area (Å²) in [7, 11) is 0. The van der Waals surface area contributed by atoms with Gasteiger partial charge in [0, 0.05) is 24.5 Å². The van der Waals surface area contributed by atoms with Crippen molar-refractivity contribution >= 4 is 23.3 Å². The van der Waals surface area contributed by atoms with Gasteiger partial charge in [-0.05, 0) is 29.8 Å². The first-order valence-electron chi connectivity index (χ1n) is 5.14. The summed E-state index contributed by atoms with van der Waals surface area (Å²) in [4.78, 5) is 23.5. The molecule has 0 aromatic carbocycles. The van der Waals surface area contributed by atoms with Crippen LogP contribution in [0.5, 0.6) is 0 Å². The molecule has 2 heterocycles. The Morgan fingerprint density at radius 2 is 2.11 bits per heavy atom. The minimum Gasteiger partial charge on any atom is -0.325 e. The van der Waals surface area contributed by atoms with E-state index in [1.165, 1.54) is 12.4 Å². The van der Waals surface area contributed by atoms with E-state index in [1.54, 1.807) is 18.2 Å². The highest BCUT2D eigenvalue weighted by Crippen LogP contribution is 2.09. The van der Waals surface area contributed by atoms with Crippen molar-refractivity contribution in [2.75, 3.05) is 5.32 Å². The molecule has 0 atom stereocenters. The van der Waals surface area contributed by atoms with Crippen molar-refractivity contribution < 1.29 is 4.79 Å². The molecule has 1 amide bonds. The number of nitrogens with two attached hydrogens (primary N) is 1. The predicted octanol–water partition coefficient (Wildman–Crippen LogP) is 1.24. The minimum atomic E-state index is -0.304. The van der Waals surface area contributed by atoms with Gasteiger partial charge in [-0.2, -0.15) is 0 Å². The standard InChI is InChI=1S/C11H10ClN5O/c12-11-15-4-2-9(17-11)16-10(18)7-1-3-14-8(5-7)6-13/h1-5H,6,13H2,(H,15,16,17,18). The van der Waals surface area contributed by atoms with Crippen LogP contribution in [0.15, 0.2) is 30.6 Å². The highest BCUT2D eigenvalue weighted by atomic mass is 35.5. The normalized spacial score (nSPS) is 10.1. The Morgan fingerprint density at radius 3 is 2.83 bits per heavy atom. The van der Waals surface area contributed by atoms with Crippen LogP contribution in [0.4, 0.5) is 5.82 Å². The van der Waals surface area contributed by atoms with Gasteiger partial charge in [0.15, 0.2) is 0 Å². The Bertz CT molecular complexity index is 575. The summed E-state index contributed by atoms with van der Waals surface area (Å²) in [5.74, 6) is 0.0352. The number of carbonyl (C=O) groups is 1. The maximum absolute atomic E-state index is 11.9. The van der Waals surface area contributed by atoms with Crippen molar-refractivity contribution in [3.05, 3.63) is 47.1 Å². The smallest absolute Gasteiger partial charge is 0.256 e. The monoisotopic (exact) mass is 263 g/mol. The van der Waals surface area contributed by atoms with Crippen LogP contribution in [0.1, 0.15) is 16.1 Å². The quantitative estimate of drug-likeness (QED) is 0.813. The Morgan fingerprint density at radius 1 is 1.33 bits per heavy atom. The van der Waals surface area contributed by atoms with Crippen LogP contribution in [-0.4, -0.2) is 20.9 Å². The molecule has 92 valence electrons. The third-order valence-electron chi connectivity index (χ3n) is 2.16. The van der Waals surface area contributed by atoms with Gasteiger partial charge in [-0.15, -0.1) is 0 Å². The number of rotatable bonds is 3. The predicted molar refractivity (Wildman–Crippen MR) is 67.1 cm³/mol. The Balaban J connectivity index is 2.16. The van der Waals surface area contributed by atoms with Crippen molar-refractivity contribution in [3.63, 3.8) is 0 Å². The number of aromatic nitrogens is 3. The van der Waals surface area contributed by atoms with Crippen LogP contribution < -0.4 is 11.1 Å². The van der Waals surface area contributed by atoms with Crippen LogP contribution in [0.25, 0.3) is 0 Å². The molecule has 3 N–H and O–H groups in total. The lowest BCUT2D eigenvalue weighted by Crippen LogP contribution is -2.14. The molecule has 0 unspecified atom stereocenters. The van der Waals surface area contributed by atoms with E-state index in [0.29, 0.717) is 17.1 Å². The number of halogens is 1. The van der Waals surface area contributed by atoms with Crippen molar-refractivity contribution in [1.82, 2.24) is 15.0 Å². The zero-order chi connectivity index (χ0) is 13.0. The number of carbonyl (C=O) groups excluding carboxylic acids is 1. The second kappa shape index (κ2) is 5.52. The largest absolute Gasteiger partial charge is 0.325 e. The summed E-state index contributed by atoms with van der Waals surface area (Å²) in [5, 5.41) is 2.68. The van der Waals surface area contributed by atoms with E-state index >= 15 is 0 Å². The molecule has 0 radical (unpaired) electrons. The Labute approximate surface area is 108 Å². The zero-order valence-corrected chi connectivity index (χ0v) is 10.1. The van der Waals surface area contributed by atoms with Gasteiger partial charge < -0.3 is 11.1 Å². The van der Waals surface area contributed by atoms with E-state index in [1.807, 2.05) is 0 Å². The first-order chi connectivity index (χ1) is 8.69. The molecule has 2 aromatic rings. The third-order valence-corrected chi connectivity index (χ3v) is 2.34. The highest BCUT2D eigenvalue weighted by Gasteiger charge is 2.08. The van der Waals surface area contributed by atoms with Crippen molar-refractivity contribution in [1.29, 1.82) is 0 Å². The van der Waals surface area contributed by atoms with Gasteiger partial charge in [0.1, 0.15) is 5.82 Å². The molecule has 0 bridgehead atoms. The van der Waals surface area contributed by atoms with Crippen molar-refractivity contribution in [2.24, 2.45) is 5.73 Å². The van der Waals surface area contributed by atoms with Gasteiger partial charge >= 0.3 is 0 Å². The number of amides is 1. The van der Waals surface area contributed by atoms with Crippen LogP contribution in [0, 0.1) is 0 Å². The maximum atomic E-state index is 11.9. The first-order valence-corrected chi connectivity index (χ1v) is 5.52. The minimum absolute atomic E-state index is 0.0742. The summed E-state index contributed by atoms with van der Waals surface area (Å²) < 4.78 is 0. The SMILES string of the molecule is NCc1cc(C(=O)Nc2ccnc(Cl)n2)ccn1. The molecule has 6 nitrogen and oxygen atoms in total. The molecule has 2 rings (SSSR count). The highest BCUT2D eigenvalue weighted by molar-refractivity contribution is 6.28. The molecule has 0 aliphatic heterocycles. The molecular formula is C11H10ClN5O. The van der Waals surface area contributed by atoms with Crippen LogP contribution in [0.3, 0.4) is 0 Å². The summed E-state index contributed by atoms with van der Waals surface area (Å²) in [5.41, 5.74) is 6.56. The first kappa shape index (κ1) is 12.4. The molecule has 0 saturated heterocycles. The van der Waals surface area contributed by atoms with E-state index in [4.69, 9.17) is 17.3 Å². The second-order valence-corrected chi connectivity index (χ2v) is 3.74. The molecule has 7 heteroatoms. The number of hydrogen-bond donors (Lipinski definition) is 2. The van der Waals surface area contributed by atoms with Crippen molar-refractivity contribution in [3.8, 4) is 0 Å². The number of hydrogen-bond acceptors (Lipinski definition) is 5. The fourth-order valence-corrected chi connectivity index (χ4v) is 1.47. The molecule has 0 aliphatic rings. The molecule has 18 heavy (non-hydrogen) atoms. The van der Waals surface area contributed by atoms with Gasteiger partial charge in [0.25, 0.3) is 5.91 Å². The Kier molecular flexibility index (Phi) is 3.81. The van der Waals surface area contributed by atoms with Gasteiger partial charge in [-0.1, -0.05) is 0 Å². The van der Waals surface area contributed by atoms with E-state index in [9.17, 15) is 4.79 Å². The van der Waals surface area contributed by atoms with Crippen LogP contribution >= 0.6 is 11.6 Å². The van der Waals surface area contributed by atoms with E-state index in [0.717, 1.165) is 0 Å². The molecular weight excluding hydrogens is 254 g/mol. The molecule has 0 spiro atoms. The van der Waals surface area contributed by atoms with Crippen LogP contribution in [0.2, 0.25) is 5.28 Å². The average Bonchev–Trinajstić information content (AvgIpc) is 2.39. The van der Waals surface area contributed by atoms with Crippen molar-refractivity contribution in [2.45, 2.75) is 6.54 Å².